The maximum Gasteiger partial charge on any atom is 0.273 e. The van der Waals surface area contributed by atoms with E-state index in [0.717, 1.165) is 44.1 Å². The number of nitrogens with one attached hydrogen (secondary N) is 3. The van der Waals surface area contributed by atoms with Crippen LogP contribution in [0.1, 0.15) is 82.6 Å². The predicted octanol–water partition coefficient (Wildman–Crippen LogP) is 8.14. The molecule has 1 aromatic carbocycles. The van der Waals surface area contributed by atoms with Gasteiger partial charge in [0.15, 0.2) is 11.5 Å². The lowest BCUT2D eigenvalue weighted by Gasteiger charge is -2.34. The van der Waals surface area contributed by atoms with Crippen molar-refractivity contribution in [3.63, 3.8) is 0 Å². The molecule has 0 fully saturated rings. The molecule has 0 saturated heterocycles. The van der Waals surface area contributed by atoms with E-state index in [1.54, 1.807) is 27.7 Å². The van der Waals surface area contributed by atoms with E-state index in [1.807, 2.05) is 50.3 Å². The Hall–Kier alpha value is -3.61. The van der Waals surface area contributed by atoms with Crippen molar-refractivity contribution in [2.75, 3.05) is 32.1 Å². The number of hydrogen-bond acceptors (Lipinski definition) is 9. The predicted molar refractivity (Wildman–Crippen MR) is 224 cm³/mol. The topological polar surface area (TPSA) is 137 Å². The van der Waals surface area contributed by atoms with Gasteiger partial charge in [-0.3, -0.25) is 9.59 Å². The molecule has 0 saturated carbocycles. The fraction of sp³-hybridized carbons (Fsp3) is 0.452. The molecule has 1 aromatic heterocycles. The normalized spacial score (nSPS) is 13.2. The molecule has 0 bridgehead atoms. The van der Waals surface area contributed by atoms with Crippen LogP contribution in [0.15, 0.2) is 114 Å². The summed E-state index contributed by atoms with van der Waals surface area (Å²) in [5.74, 6) is 0.818. The lowest BCUT2D eigenvalue weighted by molar-refractivity contribution is -0.120. The van der Waals surface area contributed by atoms with E-state index >= 15 is 0 Å². The number of hydrogen-bond donors (Lipinski definition) is 5. The fourth-order valence-electron chi connectivity index (χ4n) is 4.72. The molecule has 11 heteroatoms. The van der Waals surface area contributed by atoms with Crippen LogP contribution in [0.2, 0.25) is 0 Å². The third-order valence-corrected chi connectivity index (χ3v) is 11.3. The third kappa shape index (κ3) is 21.0. The molecule has 0 aliphatic rings. The molecular formula is C42H60N4O5S2. The Morgan fingerprint density at radius 3 is 1.98 bits per heavy atom. The minimum Gasteiger partial charge on any atom is -0.395 e. The van der Waals surface area contributed by atoms with E-state index in [4.69, 9.17) is 4.52 Å². The highest BCUT2D eigenvalue weighted by molar-refractivity contribution is 8.77. The van der Waals surface area contributed by atoms with E-state index in [-0.39, 0.29) is 36.8 Å². The van der Waals surface area contributed by atoms with Gasteiger partial charge < -0.3 is 30.7 Å². The smallest absolute Gasteiger partial charge is 0.273 e. The zero-order valence-corrected chi connectivity index (χ0v) is 33.3. The largest absolute Gasteiger partial charge is 0.395 e. The molecule has 0 radical (unpaired) electrons. The number of aliphatic hydroxyl groups is 2. The first-order valence-electron chi connectivity index (χ1n) is 18.6. The van der Waals surface area contributed by atoms with Gasteiger partial charge in [-0.25, -0.2) is 0 Å². The summed E-state index contributed by atoms with van der Waals surface area (Å²) >= 11 is 0. The molecule has 1 atom stereocenters. The summed E-state index contributed by atoms with van der Waals surface area (Å²) in [5.41, 5.74) is 0.981. The second kappa shape index (κ2) is 28.8. The average Bonchev–Trinajstić information content (AvgIpc) is 3.66. The van der Waals surface area contributed by atoms with Crippen LogP contribution in [-0.2, 0) is 4.79 Å². The number of allylic oxidation sites excluding steroid dienone is 12. The number of aromatic nitrogens is 1. The maximum absolute atomic E-state index is 13.2. The number of amides is 2. The van der Waals surface area contributed by atoms with Gasteiger partial charge >= 0.3 is 0 Å². The molecule has 9 nitrogen and oxygen atoms in total. The van der Waals surface area contributed by atoms with Gasteiger partial charge in [-0.2, -0.15) is 0 Å². The van der Waals surface area contributed by atoms with Crippen molar-refractivity contribution in [2.45, 2.75) is 89.0 Å². The Bertz CT molecular complexity index is 1460. The first-order valence-corrected chi connectivity index (χ1v) is 20.9. The summed E-state index contributed by atoms with van der Waals surface area (Å²) < 4.78 is 4.95. The van der Waals surface area contributed by atoms with Gasteiger partial charge in [-0.15, -0.1) is 0 Å². The summed E-state index contributed by atoms with van der Waals surface area (Å²) in [6, 6.07) is 10.1. The van der Waals surface area contributed by atoms with Gasteiger partial charge in [0.25, 0.3) is 5.91 Å². The highest BCUT2D eigenvalue weighted by Gasteiger charge is 2.33. The maximum atomic E-state index is 13.2. The Morgan fingerprint density at radius 2 is 1.42 bits per heavy atom. The number of rotatable bonds is 28. The monoisotopic (exact) mass is 764 g/mol. The summed E-state index contributed by atoms with van der Waals surface area (Å²) in [5, 5.41) is 32.3. The molecular weight excluding hydrogens is 705 g/mol. The molecule has 0 aliphatic heterocycles. The zero-order valence-electron chi connectivity index (χ0n) is 31.6. The molecule has 5 N–H and O–H groups in total. The van der Waals surface area contributed by atoms with Gasteiger partial charge in [-0.05, 0) is 58.8 Å². The molecule has 0 unspecified atom stereocenters. The van der Waals surface area contributed by atoms with Crippen molar-refractivity contribution in [3.05, 3.63) is 115 Å². The fourth-order valence-corrected chi connectivity index (χ4v) is 7.31. The molecule has 0 aliphatic carbocycles. The number of aliphatic hydroxyl groups excluding tert-OH is 2. The van der Waals surface area contributed by atoms with E-state index in [9.17, 15) is 19.8 Å². The van der Waals surface area contributed by atoms with Crippen molar-refractivity contribution >= 4 is 33.4 Å². The van der Waals surface area contributed by atoms with E-state index < -0.39 is 10.8 Å². The van der Waals surface area contributed by atoms with E-state index in [2.05, 4.69) is 94.9 Å². The lowest BCUT2D eigenvalue weighted by atomic mass is 10.0. The molecule has 290 valence electrons. The van der Waals surface area contributed by atoms with E-state index in [1.165, 1.54) is 0 Å². The van der Waals surface area contributed by atoms with Crippen molar-refractivity contribution in [2.24, 2.45) is 0 Å². The Kier molecular flexibility index (Phi) is 24.8. The number of carbonyl (C=O) groups is 2. The Labute approximate surface area is 325 Å². The average molecular weight is 765 g/mol. The van der Waals surface area contributed by atoms with Crippen LogP contribution in [0.5, 0.6) is 0 Å². The van der Waals surface area contributed by atoms with Crippen LogP contribution in [-0.4, -0.2) is 76.1 Å². The molecule has 1 heterocycles. The number of carbonyl (C=O) groups excluding carboxylic acids is 2. The number of nitrogens with zero attached hydrogens (tertiary/aromatic N) is 1. The van der Waals surface area contributed by atoms with Crippen LogP contribution in [0.25, 0.3) is 11.3 Å². The van der Waals surface area contributed by atoms with Crippen LogP contribution >= 0.6 is 21.6 Å². The standard InChI is InChI=1S/C42H60N4O5S2/c1-4-5-6-7-8-9-10-11-12-13-14-15-16-17-18-19-20-21-25-28-40(49)43-29-30-52-53-42(2,3)39(32-44-36(33-47)34-48)45-41(50)37-31-38(51-46-37)35-26-23-22-24-27-35/h5-6,8-9,11-12,14-15,17-18,20-24,26-27,31,36,39,44,47-48H,4,7,10,13,16,19,25,28-30,32-34H2,1-3H3,(H,43,49)(H,45,50)/b6-5-,9-8-,12-11-,15-14-,18-17-,21-20-/t39-/m1/s1. The number of benzene rings is 1. The minimum absolute atomic E-state index is 0.0188. The van der Waals surface area contributed by atoms with Gasteiger partial charge in [0.1, 0.15) is 0 Å². The van der Waals surface area contributed by atoms with Crippen LogP contribution in [0.3, 0.4) is 0 Å². The SMILES string of the molecule is CC/C=C\C/C=C\C/C=C\C/C=C\C/C=C\C/C=C\CCC(=O)NCCSSC(C)(C)[C@@H](CNC(CO)CO)NC(=O)c1cc(-c2ccccc2)on1. The summed E-state index contributed by atoms with van der Waals surface area (Å²) in [4.78, 5) is 25.6. The molecule has 0 spiro atoms. The highest BCUT2D eigenvalue weighted by atomic mass is 33.1. The van der Waals surface area contributed by atoms with Gasteiger partial charge in [0, 0.05) is 41.6 Å². The summed E-state index contributed by atoms with van der Waals surface area (Å²) in [6.45, 7) is 6.57. The van der Waals surface area contributed by atoms with Crippen molar-refractivity contribution in [1.82, 2.24) is 21.1 Å². The van der Waals surface area contributed by atoms with Crippen LogP contribution < -0.4 is 16.0 Å². The van der Waals surface area contributed by atoms with Gasteiger partial charge in [-0.1, -0.05) is 137 Å². The van der Waals surface area contributed by atoms with Crippen molar-refractivity contribution < 1.29 is 24.3 Å². The summed E-state index contributed by atoms with van der Waals surface area (Å²) in [6.07, 6.45) is 32.9. The van der Waals surface area contributed by atoms with Crippen molar-refractivity contribution in [3.8, 4) is 11.3 Å². The lowest BCUT2D eigenvalue weighted by Crippen LogP contribution is -2.55. The first kappa shape index (κ1) is 45.5. The van der Waals surface area contributed by atoms with Crippen LogP contribution in [0.4, 0.5) is 0 Å². The third-order valence-electron chi connectivity index (χ3n) is 7.91. The molecule has 2 aromatic rings. The van der Waals surface area contributed by atoms with Gasteiger partial charge in [0.05, 0.1) is 25.3 Å². The van der Waals surface area contributed by atoms with Crippen LogP contribution in [0, 0.1) is 0 Å². The quantitative estimate of drug-likeness (QED) is 0.0331. The Morgan fingerprint density at radius 1 is 0.849 bits per heavy atom. The molecule has 2 rings (SSSR count). The molecule has 53 heavy (non-hydrogen) atoms. The van der Waals surface area contributed by atoms with E-state index in [0.29, 0.717) is 37.4 Å². The van der Waals surface area contributed by atoms with Crippen molar-refractivity contribution in [1.29, 1.82) is 0 Å². The Balaban J connectivity index is 1.65. The second-order valence-electron chi connectivity index (χ2n) is 12.8. The molecule has 2 amide bonds. The second-order valence-corrected chi connectivity index (χ2v) is 15.8. The minimum atomic E-state index is -0.511. The zero-order chi connectivity index (χ0) is 38.4. The van der Waals surface area contributed by atoms with Gasteiger partial charge in [0.2, 0.25) is 5.91 Å². The highest BCUT2D eigenvalue weighted by Crippen LogP contribution is 2.38. The first-order chi connectivity index (χ1) is 25.8. The summed E-state index contributed by atoms with van der Waals surface area (Å²) in [7, 11) is 3.21.